The molecule has 174 valence electrons. The second-order valence-corrected chi connectivity index (χ2v) is 8.79. The molecule has 4 nitrogen and oxygen atoms in total. The third-order valence-corrected chi connectivity index (χ3v) is 7.01. The van der Waals surface area contributed by atoms with Gasteiger partial charge in [-0.1, -0.05) is 91.0 Å². The topological polar surface area (TPSA) is 47.9 Å². The Morgan fingerprint density at radius 2 is 1.06 bits per heavy atom. The van der Waals surface area contributed by atoms with Gasteiger partial charge in [-0.15, -0.1) is 0 Å². The van der Waals surface area contributed by atoms with E-state index in [1.807, 2.05) is 54.6 Å². The minimum atomic E-state index is -1.25. The van der Waals surface area contributed by atoms with Crippen LogP contribution in [0.5, 0.6) is 0 Å². The van der Waals surface area contributed by atoms with Crippen LogP contribution in [0.15, 0.2) is 91.0 Å². The Labute approximate surface area is 197 Å². The van der Waals surface area contributed by atoms with E-state index in [1.165, 1.54) is 0 Å². The lowest BCUT2D eigenvalue weighted by Crippen LogP contribution is -2.52. The van der Waals surface area contributed by atoms with Gasteiger partial charge in [0, 0.05) is 26.7 Å². The first kappa shape index (κ1) is 23.7. The van der Waals surface area contributed by atoms with E-state index in [2.05, 4.69) is 36.4 Å². The third-order valence-electron chi connectivity index (χ3n) is 7.01. The van der Waals surface area contributed by atoms with E-state index < -0.39 is 11.6 Å². The molecule has 4 rings (SSSR count). The molecule has 0 atom stereocenters. The molecule has 1 N–H and O–H groups in total. The largest absolute Gasteiger partial charge is 0.396 e. The van der Waals surface area contributed by atoms with Gasteiger partial charge >= 0.3 is 0 Å². The highest BCUT2D eigenvalue weighted by atomic mass is 16.9. The number of aliphatic hydroxyl groups excluding tert-OH is 1. The van der Waals surface area contributed by atoms with Crippen LogP contribution >= 0.6 is 0 Å². The number of benzene rings is 3. The number of ether oxygens (including phenoxy) is 3. The molecular formula is C29H34O4. The Morgan fingerprint density at radius 1 is 0.667 bits per heavy atom. The van der Waals surface area contributed by atoms with E-state index in [0.717, 1.165) is 42.4 Å². The van der Waals surface area contributed by atoms with Crippen molar-refractivity contribution in [1.82, 2.24) is 0 Å². The molecule has 0 saturated heterocycles. The van der Waals surface area contributed by atoms with Crippen LogP contribution < -0.4 is 0 Å². The molecule has 33 heavy (non-hydrogen) atoms. The van der Waals surface area contributed by atoms with Crippen LogP contribution in [0.3, 0.4) is 0 Å². The maximum absolute atomic E-state index is 9.63. The van der Waals surface area contributed by atoms with E-state index >= 15 is 0 Å². The Bertz CT molecular complexity index is 866. The highest BCUT2D eigenvalue weighted by Crippen LogP contribution is 2.48. The zero-order valence-electron chi connectivity index (χ0n) is 19.5. The van der Waals surface area contributed by atoms with E-state index in [1.54, 1.807) is 14.2 Å². The van der Waals surface area contributed by atoms with Gasteiger partial charge in [-0.3, -0.25) is 0 Å². The molecule has 0 aliphatic heterocycles. The number of rotatable bonds is 9. The van der Waals surface area contributed by atoms with Crippen molar-refractivity contribution >= 4 is 0 Å². The van der Waals surface area contributed by atoms with Crippen LogP contribution in [0.2, 0.25) is 0 Å². The van der Waals surface area contributed by atoms with Crippen LogP contribution in [0.4, 0.5) is 0 Å². The standard InChI is InChI=1S/C29H34O4/c1-31-29(32-2,27-20-18-23(22-30)19-21-27)33-28(24-12-6-3-7-13-24,25-14-8-4-9-15-25)26-16-10-5-11-17-26/h3-17,23,27,30H,18-22H2,1-2H3. The maximum Gasteiger partial charge on any atom is 0.286 e. The van der Waals surface area contributed by atoms with Crippen molar-refractivity contribution in [1.29, 1.82) is 0 Å². The summed E-state index contributed by atoms with van der Waals surface area (Å²) in [5.41, 5.74) is 2.07. The van der Waals surface area contributed by atoms with Gasteiger partial charge in [0.2, 0.25) is 0 Å². The molecule has 0 amide bonds. The average Bonchev–Trinajstić information content (AvgIpc) is 2.91. The molecule has 1 fully saturated rings. The summed E-state index contributed by atoms with van der Waals surface area (Å²) in [5, 5.41) is 9.63. The SMILES string of the molecule is COC(OC)(OC(c1ccccc1)(c1ccccc1)c1ccccc1)C1CCC(CO)CC1. The van der Waals surface area contributed by atoms with Crippen LogP contribution in [-0.2, 0) is 19.8 Å². The van der Waals surface area contributed by atoms with Gasteiger partial charge in [0.15, 0.2) is 0 Å². The molecule has 1 saturated carbocycles. The van der Waals surface area contributed by atoms with E-state index in [0.29, 0.717) is 5.92 Å². The van der Waals surface area contributed by atoms with Gasteiger partial charge in [-0.05, 0) is 48.3 Å². The Kier molecular flexibility index (Phi) is 7.61. The predicted molar refractivity (Wildman–Crippen MR) is 130 cm³/mol. The van der Waals surface area contributed by atoms with Crippen molar-refractivity contribution in [3.8, 4) is 0 Å². The lowest BCUT2D eigenvalue weighted by molar-refractivity contribution is -0.414. The van der Waals surface area contributed by atoms with Gasteiger partial charge < -0.3 is 19.3 Å². The average molecular weight is 447 g/mol. The first-order valence-electron chi connectivity index (χ1n) is 11.8. The van der Waals surface area contributed by atoms with Crippen molar-refractivity contribution in [2.45, 2.75) is 37.3 Å². The molecule has 0 radical (unpaired) electrons. The zero-order chi connectivity index (χ0) is 23.2. The summed E-state index contributed by atoms with van der Waals surface area (Å²) in [5.74, 6) is -0.886. The predicted octanol–water partition coefficient (Wildman–Crippen LogP) is 5.74. The zero-order valence-corrected chi connectivity index (χ0v) is 19.5. The number of hydrogen-bond donors (Lipinski definition) is 1. The van der Waals surface area contributed by atoms with E-state index in [-0.39, 0.29) is 12.5 Å². The molecule has 0 aromatic heterocycles. The van der Waals surface area contributed by atoms with Crippen LogP contribution in [-0.4, -0.2) is 31.9 Å². The van der Waals surface area contributed by atoms with Crippen molar-refractivity contribution in [2.24, 2.45) is 11.8 Å². The maximum atomic E-state index is 9.63. The first-order chi connectivity index (χ1) is 16.2. The quantitative estimate of drug-likeness (QED) is 0.336. The number of aliphatic hydroxyl groups is 1. The summed E-state index contributed by atoms with van der Waals surface area (Å²) < 4.78 is 19.4. The van der Waals surface area contributed by atoms with Gasteiger partial charge in [-0.2, -0.15) is 0 Å². The molecule has 3 aromatic carbocycles. The molecule has 1 aliphatic rings. The Hall–Kier alpha value is -2.50. The smallest absolute Gasteiger partial charge is 0.286 e. The molecule has 0 heterocycles. The monoisotopic (exact) mass is 446 g/mol. The van der Waals surface area contributed by atoms with Gasteiger partial charge in [-0.25, -0.2) is 0 Å². The fourth-order valence-corrected chi connectivity index (χ4v) is 5.19. The van der Waals surface area contributed by atoms with Crippen LogP contribution in [0.25, 0.3) is 0 Å². The minimum Gasteiger partial charge on any atom is -0.396 e. The third kappa shape index (κ3) is 4.62. The molecule has 1 aliphatic carbocycles. The molecular weight excluding hydrogens is 412 g/mol. The van der Waals surface area contributed by atoms with Crippen molar-refractivity contribution in [3.63, 3.8) is 0 Å². The van der Waals surface area contributed by atoms with Crippen LogP contribution in [0, 0.1) is 11.8 Å². The normalized spacial score (nSPS) is 19.4. The summed E-state index contributed by atoms with van der Waals surface area (Å²) >= 11 is 0. The van der Waals surface area contributed by atoms with Gasteiger partial charge in [0.05, 0.1) is 0 Å². The molecule has 0 unspecified atom stereocenters. The summed E-state index contributed by atoms with van der Waals surface area (Å²) in [7, 11) is 3.32. The van der Waals surface area contributed by atoms with E-state index in [9.17, 15) is 5.11 Å². The van der Waals surface area contributed by atoms with Crippen molar-refractivity contribution in [2.75, 3.05) is 20.8 Å². The molecule has 4 heteroatoms. The summed E-state index contributed by atoms with van der Waals surface area (Å²) in [6.07, 6.45) is 3.57. The fraction of sp³-hybridized carbons (Fsp3) is 0.379. The Morgan fingerprint density at radius 3 is 1.39 bits per heavy atom. The second kappa shape index (κ2) is 10.6. The van der Waals surface area contributed by atoms with Gasteiger partial charge in [0.25, 0.3) is 5.97 Å². The van der Waals surface area contributed by atoms with Crippen LogP contribution in [0.1, 0.15) is 42.4 Å². The molecule has 0 bridgehead atoms. The fourth-order valence-electron chi connectivity index (χ4n) is 5.19. The highest BCUT2D eigenvalue weighted by Gasteiger charge is 2.51. The summed E-state index contributed by atoms with van der Waals surface area (Å²) in [6.45, 7) is 0.225. The van der Waals surface area contributed by atoms with Crippen molar-refractivity contribution in [3.05, 3.63) is 108 Å². The Balaban J connectivity index is 1.89. The highest BCUT2D eigenvalue weighted by molar-refractivity contribution is 5.47. The van der Waals surface area contributed by atoms with E-state index in [4.69, 9.17) is 14.2 Å². The molecule has 0 spiro atoms. The summed E-state index contributed by atoms with van der Waals surface area (Å²) in [6, 6.07) is 30.8. The lowest BCUT2D eigenvalue weighted by atomic mass is 9.78. The minimum absolute atomic E-state index is 0.0332. The first-order valence-corrected chi connectivity index (χ1v) is 11.8. The second-order valence-electron chi connectivity index (χ2n) is 8.79. The van der Waals surface area contributed by atoms with Gasteiger partial charge in [0.1, 0.15) is 5.60 Å². The van der Waals surface area contributed by atoms with Crippen molar-refractivity contribution < 1.29 is 19.3 Å². The number of methoxy groups -OCH3 is 2. The number of hydrogen-bond acceptors (Lipinski definition) is 4. The molecule has 3 aromatic rings. The lowest BCUT2D eigenvalue weighted by Gasteiger charge is -2.47. The summed E-state index contributed by atoms with van der Waals surface area (Å²) in [4.78, 5) is 0.